The summed E-state index contributed by atoms with van der Waals surface area (Å²) in [5, 5.41) is 16.6. The largest absolute Gasteiger partial charge is 0.454 e. The van der Waals surface area contributed by atoms with Crippen LogP contribution in [0.2, 0.25) is 0 Å². The van der Waals surface area contributed by atoms with Gasteiger partial charge in [-0.1, -0.05) is 0 Å². The first kappa shape index (κ1) is 13.9. The molecule has 1 fully saturated rings. The third-order valence-electron chi connectivity index (χ3n) is 4.55. The fourth-order valence-electron chi connectivity index (χ4n) is 3.35. The van der Waals surface area contributed by atoms with E-state index in [2.05, 4.69) is 26.9 Å². The van der Waals surface area contributed by atoms with Crippen molar-refractivity contribution < 1.29 is 14.2 Å². The van der Waals surface area contributed by atoms with E-state index in [0.29, 0.717) is 12.6 Å². The second kappa shape index (κ2) is 5.57. The van der Waals surface area contributed by atoms with Crippen molar-refractivity contribution in [2.45, 2.75) is 25.5 Å². The van der Waals surface area contributed by atoms with Crippen LogP contribution in [0.25, 0.3) is 16.6 Å². The summed E-state index contributed by atoms with van der Waals surface area (Å²) in [6, 6.07) is 6.00. The number of tetrazole rings is 1. The smallest absolute Gasteiger partial charge is 0.231 e. The molecular formula is C16H17N5O3. The van der Waals surface area contributed by atoms with Crippen LogP contribution in [-0.2, 0) is 11.3 Å². The maximum Gasteiger partial charge on any atom is 0.231 e. The summed E-state index contributed by atoms with van der Waals surface area (Å²) < 4.78 is 18.3. The van der Waals surface area contributed by atoms with Gasteiger partial charge in [-0.05, 0) is 35.4 Å². The average Bonchev–Trinajstić information content (AvgIpc) is 3.33. The van der Waals surface area contributed by atoms with Gasteiger partial charge in [0.1, 0.15) is 0 Å². The Morgan fingerprint density at radius 1 is 1.21 bits per heavy atom. The lowest BCUT2D eigenvalue weighted by molar-refractivity contribution is 0.110. The number of fused-ring (bicyclic) bond motifs is 4. The summed E-state index contributed by atoms with van der Waals surface area (Å²) in [4.78, 5) is 0. The number of hydrogen-bond donors (Lipinski definition) is 1. The molecular weight excluding hydrogens is 310 g/mol. The van der Waals surface area contributed by atoms with E-state index in [1.807, 2.05) is 12.1 Å². The fraction of sp³-hybridized carbons (Fsp3) is 0.438. The third kappa shape index (κ3) is 2.26. The molecule has 124 valence electrons. The Morgan fingerprint density at radius 2 is 2.12 bits per heavy atom. The number of nitrogens with zero attached hydrogens (tertiary/aromatic N) is 4. The lowest BCUT2D eigenvalue weighted by Gasteiger charge is -2.12. The molecule has 4 heterocycles. The summed E-state index contributed by atoms with van der Waals surface area (Å²) in [6.45, 7) is 2.65. The zero-order chi connectivity index (χ0) is 15.9. The first-order valence-electron chi connectivity index (χ1n) is 8.14. The summed E-state index contributed by atoms with van der Waals surface area (Å²) in [5.41, 5.74) is 2.70. The number of rotatable bonds is 4. The monoisotopic (exact) mass is 327 g/mol. The van der Waals surface area contributed by atoms with Crippen LogP contribution in [0.1, 0.15) is 18.4 Å². The molecule has 1 saturated heterocycles. The fourth-order valence-corrected chi connectivity index (χ4v) is 3.35. The average molecular weight is 327 g/mol. The van der Waals surface area contributed by atoms with Gasteiger partial charge in [0.15, 0.2) is 17.1 Å². The van der Waals surface area contributed by atoms with E-state index in [0.717, 1.165) is 59.6 Å². The number of ether oxygens (including phenoxy) is 3. The molecule has 0 amide bonds. The van der Waals surface area contributed by atoms with Gasteiger partial charge in [-0.3, -0.25) is 0 Å². The molecule has 3 aromatic rings. The number of hydrogen-bond acceptors (Lipinski definition) is 7. The molecule has 0 radical (unpaired) electrons. The van der Waals surface area contributed by atoms with E-state index in [-0.39, 0.29) is 6.79 Å². The highest BCUT2D eigenvalue weighted by atomic mass is 16.7. The first-order valence-corrected chi connectivity index (χ1v) is 8.14. The van der Waals surface area contributed by atoms with E-state index >= 15 is 0 Å². The van der Waals surface area contributed by atoms with Crippen LogP contribution in [0.4, 0.5) is 0 Å². The molecule has 0 bridgehead atoms. The summed E-state index contributed by atoms with van der Waals surface area (Å²) in [6.07, 6.45) is 2.58. The highest BCUT2D eigenvalue weighted by Crippen LogP contribution is 2.36. The molecule has 8 heteroatoms. The quantitative estimate of drug-likeness (QED) is 0.773. The van der Waals surface area contributed by atoms with Gasteiger partial charge in [-0.25, -0.2) is 0 Å². The molecule has 1 unspecified atom stereocenters. The van der Waals surface area contributed by atoms with Crippen LogP contribution < -0.4 is 14.8 Å². The predicted octanol–water partition coefficient (Wildman–Crippen LogP) is 1.27. The van der Waals surface area contributed by atoms with Gasteiger partial charge in [0.25, 0.3) is 0 Å². The Labute approximate surface area is 137 Å². The van der Waals surface area contributed by atoms with Gasteiger partial charge in [-0.2, -0.15) is 4.52 Å². The number of aromatic nitrogens is 4. The number of nitrogens with one attached hydrogen (secondary N) is 1. The zero-order valence-electron chi connectivity index (χ0n) is 13.1. The van der Waals surface area contributed by atoms with Crippen molar-refractivity contribution in [3.8, 4) is 11.5 Å². The Morgan fingerprint density at radius 3 is 3.00 bits per heavy atom. The summed E-state index contributed by atoms with van der Waals surface area (Å²) in [5.74, 6) is 1.48. The molecule has 1 atom stereocenters. The van der Waals surface area contributed by atoms with E-state index in [1.165, 1.54) is 0 Å². The molecule has 5 rings (SSSR count). The molecule has 2 aliphatic rings. The van der Waals surface area contributed by atoms with Crippen molar-refractivity contribution in [2.75, 3.05) is 19.9 Å². The Hall–Kier alpha value is -2.45. The predicted molar refractivity (Wildman–Crippen MR) is 85.1 cm³/mol. The zero-order valence-corrected chi connectivity index (χ0v) is 13.1. The van der Waals surface area contributed by atoms with Crippen molar-refractivity contribution in [3.05, 3.63) is 23.8 Å². The summed E-state index contributed by atoms with van der Waals surface area (Å²) in [7, 11) is 0. The highest BCUT2D eigenvalue weighted by molar-refractivity contribution is 5.86. The highest BCUT2D eigenvalue weighted by Gasteiger charge is 2.19. The standard InChI is InChI=1S/C16H17N5O3/c1-2-12(22-3-1)8-17-7-11-4-10-5-14-15(24-9-23-14)6-13(10)21-16(11)18-19-20-21/h4-6,12,17H,1-3,7-9H2. The first-order chi connectivity index (χ1) is 11.9. The van der Waals surface area contributed by atoms with Crippen molar-refractivity contribution in [1.82, 2.24) is 25.4 Å². The van der Waals surface area contributed by atoms with Crippen LogP contribution >= 0.6 is 0 Å². The molecule has 0 saturated carbocycles. The van der Waals surface area contributed by atoms with E-state index in [4.69, 9.17) is 14.2 Å². The van der Waals surface area contributed by atoms with Gasteiger partial charge in [0.05, 0.1) is 11.6 Å². The van der Waals surface area contributed by atoms with Gasteiger partial charge >= 0.3 is 0 Å². The van der Waals surface area contributed by atoms with Gasteiger partial charge in [0, 0.05) is 36.7 Å². The molecule has 24 heavy (non-hydrogen) atoms. The minimum absolute atomic E-state index is 0.250. The van der Waals surface area contributed by atoms with Crippen LogP contribution in [0.3, 0.4) is 0 Å². The van der Waals surface area contributed by atoms with Gasteiger partial charge in [-0.15, -0.1) is 5.10 Å². The second-order valence-electron chi connectivity index (χ2n) is 6.11. The number of pyridine rings is 1. The second-order valence-corrected chi connectivity index (χ2v) is 6.11. The lowest BCUT2D eigenvalue weighted by atomic mass is 10.1. The number of benzene rings is 1. The molecule has 0 spiro atoms. The maximum absolute atomic E-state index is 5.65. The van der Waals surface area contributed by atoms with Crippen LogP contribution in [0, 0.1) is 0 Å². The molecule has 0 aliphatic carbocycles. The van der Waals surface area contributed by atoms with E-state index in [9.17, 15) is 0 Å². The lowest BCUT2D eigenvalue weighted by Crippen LogP contribution is -2.26. The van der Waals surface area contributed by atoms with Crippen LogP contribution in [-0.4, -0.2) is 46.1 Å². The normalized spacial score (nSPS) is 19.6. The van der Waals surface area contributed by atoms with Crippen molar-refractivity contribution in [1.29, 1.82) is 0 Å². The summed E-state index contributed by atoms with van der Waals surface area (Å²) >= 11 is 0. The third-order valence-corrected chi connectivity index (χ3v) is 4.55. The van der Waals surface area contributed by atoms with Gasteiger partial charge < -0.3 is 19.5 Å². The van der Waals surface area contributed by atoms with E-state index < -0.39 is 0 Å². The van der Waals surface area contributed by atoms with Crippen molar-refractivity contribution in [3.63, 3.8) is 0 Å². The molecule has 1 aromatic carbocycles. The minimum atomic E-state index is 0.250. The Bertz CT molecular complexity index is 903. The Kier molecular flexibility index (Phi) is 3.24. The topological polar surface area (TPSA) is 82.8 Å². The Balaban J connectivity index is 1.50. The minimum Gasteiger partial charge on any atom is -0.454 e. The van der Waals surface area contributed by atoms with Crippen molar-refractivity contribution >= 4 is 16.6 Å². The van der Waals surface area contributed by atoms with Gasteiger partial charge in [0.2, 0.25) is 6.79 Å². The molecule has 8 nitrogen and oxygen atoms in total. The van der Waals surface area contributed by atoms with E-state index in [1.54, 1.807) is 4.52 Å². The molecule has 2 aromatic heterocycles. The molecule has 1 N–H and O–H groups in total. The van der Waals surface area contributed by atoms with Crippen molar-refractivity contribution in [2.24, 2.45) is 0 Å². The van der Waals surface area contributed by atoms with Crippen LogP contribution in [0.5, 0.6) is 11.5 Å². The molecule has 2 aliphatic heterocycles. The van der Waals surface area contributed by atoms with Crippen LogP contribution in [0.15, 0.2) is 18.2 Å². The maximum atomic E-state index is 5.65. The SMILES string of the molecule is c1c2c(cc3c1cc(CNCC1CCCO1)c1nnnn13)OCO2.